The number of aromatic nitrogens is 1. The largest absolute Gasteiger partial charge is 2.00 e. The number of rotatable bonds is 4. The van der Waals surface area contributed by atoms with Crippen LogP contribution in [-0.4, -0.2) is 18.5 Å². The second kappa shape index (κ2) is 8.11. The van der Waals surface area contributed by atoms with Crippen LogP contribution in [0.5, 0.6) is 0 Å². The Kier molecular flexibility index (Phi) is 5.80. The molecule has 0 fully saturated rings. The van der Waals surface area contributed by atoms with Gasteiger partial charge in [-0.05, 0) is 35.4 Å². The number of fused-ring (bicyclic) bond motifs is 1. The molecule has 1 N–H and O–H groups in total. The zero-order chi connectivity index (χ0) is 18.9. The van der Waals surface area contributed by atoms with Crippen LogP contribution in [0.3, 0.4) is 0 Å². The van der Waals surface area contributed by atoms with E-state index in [0.717, 1.165) is 16.5 Å². The second-order valence-corrected chi connectivity index (χ2v) is 7.99. The molecule has 3 aromatic carbocycles. The van der Waals surface area contributed by atoms with Gasteiger partial charge in [-0.2, -0.15) is 0 Å². The first-order valence-corrected chi connectivity index (χ1v) is 10.1. The van der Waals surface area contributed by atoms with Crippen molar-refractivity contribution in [2.24, 2.45) is 0 Å². The summed E-state index contributed by atoms with van der Waals surface area (Å²) in [7, 11) is -3.85. The maximum atomic E-state index is 12.8. The summed E-state index contributed by atoms with van der Waals surface area (Å²) in [4.78, 5) is 3.16. The van der Waals surface area contributed by atoms with Gasteiger partial charge in [0.1, 0.15) is 10.0 Å². The fourth-order valence-electron chi connectivity index (χ4n) is 2.88. The standard InChI is InChI=1S/C21H14ClN2O2S.Be/c22-19-12-13-20(21-18(19)7-4-14-23-21)24-27(25,26)17-10-8-16(9-11-17)15-5-2-1-3-6-15;/h1-14H;/q-1;+2/p+1. The number of aromatic amines is 1. The quantitative estimate of drug-likeness (QED) is 0.451. The van der Waals surface area contributed by atoms with Gasteiger partial charge in [-0.15, -0.1) is 0 Å². The molecule has 0 radical (unpaired) electrons. The zero-order valence-electron chi connectivity index (χ0n) is 14.8. The van der Waals surface area contributed by atoms with Crippen LogP contribution < -0.4 is 4.98 Å². The number of pyridine rings is 1. The van der Waals surface area contributed by atoms with E-state index in [1.807, 2.05) is 36.4 Å². The number of hydrogen-bond donors (Lipinski definition) is 0. The summed E-state index contributed by atoms with van der Waals surface area (Å²) < 4.78 is 29.5. The number of H-pyrrole nitrogens is 1. The third-order valence-electron chi connectivity index (χ3n) is 4.23. The van der Waals surface area contributed by atoms with E-state index in [-0.39, 0.29) is 15.0 Å². The first kappa shape index (κ1) is 20.0. The molecule has 0 atom stereocenters. The number of benzene rings is 3. The van der Waals surface area contributed by atoms with E-state index in [4.69, 9.17) is 11.6 Å². The molecule has 0 saturated carbocycles. The van der Waals surface area contributed by atoms with Crippen molar-refractivity contribution >= 4 is 48.3 Å². The molecule has 0 spiro atoms. The summed E-state index contributed by atoms with van der Waals surface area (Å²) in [6.07, 6.45) is 1.71. The van der Waals surface area contributed by atoms with Gasteiger partial charge in [0, 0.05) is 6.07 Å². The van der Waals surface area contributed by atoms with Crippen LogP contribution in [0.4, 0.5) is 5.69 Å². The zero-order valence-corrected chi connectivity index (χ0v) is 16.4. The molecule has 0 aliphatic rings. The molecular formula is C21H15BeClN2O2S+2. The summed E-state index contributed by atoms with van der Waals surface area (Å²) in [5.74, 6) is 0. The molecule has 1 aromatic heterocycles. The average Bonchev–Trinajstić information content (AvgIpc) is 2.71. The molecule has 0 aliphatic carbocycles. The first-order chi connectivity index (χ1) is 13.0. The van der Waals surface area contributed by atoms with Crippen molar-refractivity contribution in [3.8, 4) is 11.1 Å². The molecule has 28 heavy (non-hydrogen) atoms. The van der Waals surface area contributed by atoms with Crippen LogP contribution in [0, 0.1) is 0 Å². The Balaban J connectivity index is 0.00000225. The van der Waals surface area contributed by atoms with E-state index in [2.05, 4.69) is 9.71 Å². The molecule has 0 amide bonds. The molecule has 0 unspecified atom stereocenters. The smallest absolute Gasteiger partial charge is 0.567 e. The second-order valence-electron chi connectivity index (χ2n) is 5.98. The Hall–Kier alpha value is -2.72. The van der Waals surface area contributed by atoms with Crippen LogP contribution in [-0.2, 0) is 10.0 Å². The summed E-state index contributed by atoms with van der Waals surface area (Å²) >= 11 is 6.18. The van der Waals surface area contributed by atoms with Gasteiger partial charge in [0.05, 0.1) is 15.3 Å². The van der Waals surface area contributed by atoms with Gasteiger partial charge in [0.2, 0.25) is 0 Å². The summed E-state index contributed by atoms with van der Waals surface area (Å²) in [6, 6.07) is 23.3. The van der Waals surface area contributed by atoms with Crippen molar-refractivity contribution < 1.29 is 13.4 Å². The predicted octanol–water partition coefficient (Wildman–Crippen LogP) is 4.99. The molecule has 1 heterocycles. The van der Waals surface area contributed by atoms with E-state index in [1.54, 1.807) is 48.7 Å². The molecule has 7 heteroatoms. The molecular weight excluding hydrogens is 389 g/mol. The number of halogens is 1. The number of nitrogens with one attached hydrogen (secondary N) is 1. The number of sulfonamides is 1. The Morgan fingerprint density at radius 3 is 2.18 bits per heavy atom. The minimum atomic E-state index is -3.85. The molecule has 134 valence electrons. The van der Waals surface area contributed by atoms with Crippen molar-refractivity contribution in [2.45, 2.75) is 4.90 Å². The van der Waals surface area contributed by atoms with Gasteiger partial charge in [-0.1, -0.05) is 65.8 Å². The van der Waals surface area contributed by atoms with Crippen LogP contribution in [0.2, 0.25) is 5.02 Å². The summed E-state index contributed by atoms with van der Waals surface area (Å²) in [5.41, 5.74) is 2.87. The molecule has 0 saturated heterocycles. The fourth-order valence-corrected chi connectivity index (χ4v) is 4.10. The predicted molar refractivity (Wildman–Crippen MR) is 113 cm³/mol. The molecule has 4 aromatic rings. The Bertz CT molecular complexity index is 1210. The van der Waals surface area contributed by atoms with Crippen molar-refractivity contribution in [1.82, 2.24) is 0 Å². The Labute approximate surface area is 172 Å². The van der Waals surface area contributed by atoms with Crippen LogP contribution in [0.1, 0.15) is 0 Å². The van der Waals surface area contributed by atoms with E-state index >= 15 is 0 Å². The third kappa shape index (κ3) is 3.92. The SMILES string of the molecule is O=S(=O)([N-]c1ccc(Cl)c2ccc[nH+]c12)c1ccc(-c2ccccc2)cc1.[Be+2]. The van der Waals surface area contributed by atoms with Gasteiger partial charge in [-0.25, -0.2) is 13.4 Å². The van der Waals surface area contributed by atoms with Crippen LogP contribution in [0.15, 0.2) is 90.0 Å². The van der Waals surface area contributed by atoms with Crippen molar-refractivity contribution in [1.29, 1.82) is 0 Å². The normalized spacial score (nSPS) is 11.0. The average molecular weight is 404 g/mol. The van der Waals surface area contributed by atoms with Gasteiger partial charge in [0.25, 0.3) is 0 Å². The van der Waals surface area contributed by atoms with Gasteiger partial charge < -0.3 is 4.72 Å². The van der Waals surface area contributed by atoms with E-state index in [0.29, 0.717) is 16.2 Å². The van der Waals surface area contributed by atoms with E-state index in [9.17, 15) is 8.42 Å². The topological polar surface area (TPSA) is 62.4 Å². The van der Waals surface area contributed by atoms with Crippen molar-refractivity contribution in [2.75, 3.05) is 0 Å². The maximum absolute atomic E-state index is 12.8. The van der Waals surface area contributed by atoms with Gasteiger partial charge >= 0.3 is 10.1 Å². The number of nitrogens with zero attached hydrogens (tertiary/aromatic N) is 1. The van der Waals surface area contributed by atoms with E-state index < -0.39 is 10.0 Å². The summed E-state index contributed by atoms with van der Waals surface area (Å²) in [5, 5.41) is 1.25. The Morgan fingerprint density at radius 1 is 0.786 bits per heavy atom. The third-order valence-corrected chi connectivity index (χ3v) is 5.87. The summed E-state index contributed by atoms with van der Waals surface area (Å²) in [6.45, 7) is 0. The Morgan fingerprint density at radius 2 is 1.46 bits per heavy atom. The van der Waals surface area contributed by atoms with Crippen molar-refractivity contribution in [3.05, 3.63) is 94.8 Å². The first-order valence-electron chi connectivity index (χ1n) is 8.27. The van der Waals surface area contributed by atoms with Gasteiger partial charge in [-0.3, -0.25) is 0 Å². The van der Waals surface area contributed by atoms with Crippen LogP contribution >= 0.6 is 11.6 Å². The maximum Gasteiger partial charge on any atom is 2.00 e. The molecule has 0 aliphatic heterocycles. The van der Waals surface area contributed by atoms with E-state index in [1.165, 1.54) is 0 Å². The monoisotopic (exact) mass is 403 g/mol. The number of hydrogen-bond acceptors (Lipinski definition) is 2. The minimum absolute atomic E-state index is 0. The molecule has 0 bridgehead atoms. The minimum Gasteiger partial charge on any atom is -0.567 e. The molecule has 4 rings (SSSR count). The molecule has 4 nitrogen and oxygen atoms in total. The van der Waals surface area contributed by atoms with Crippen molar-refractivity contribution in [3.63, 3.8) is 0 Å². The van der Waals surface area contributed by atoms with Crippen LogP contribution in [0.25, 0.3) is 26.8 Å². The van der Waals surface area contributed by atoms with Gasteiger partial charge in [0.15, 0.2) is 11.7 Å². The fraction of sp³-hybridized carbons (Fsp3) is 0.